The standard InChI is InChI=1S/C63H47ClN2/c64-61-43-51(49-33-38-57(39-34-49)66(54-27-15-5-16-28-54)55-29-17-6-18-30-55)42-60-62(61)58-40-35-50(41-59(58)63(60,44-46-19-7-1-8-20-46)45-47-21-9-2-10-22-47)48-31-36-56(37-32-48)65(52-23-11-3-12-24-52)53-25-13-4-14-26-53/h1-43H,44-45H2. The summed E-state index contributed by atoms with van der Waals surface area (Å²) in [6.45, 7) is 0. The van der Waals surface area contributed by atoms with Gasteiger partial charge in [0.15, 0.2) is 0 Å². The van der Waals surface area contributed by atoms with Crippen molar-refractivity contribution in [2.75, 3.05) is 9.80 Å². The third-order valence-electron chi connectivity index (χ3n) is 13.1. The van der Waals surface area contributed by atoms with Crippen molar-refractivity contribution in [1.82, 2.24) is 0 Å². The van der Waals surface area contributed by atoms with Gasteiger partial charge in [-0.1, -0.05) is 181 Å². The molecule has 0 amide bonds. The first kappa shape index (κ1) is 40.8. The van der Waals surface area contributed by atoms with Crippen molar-refractivity contribution in [3.05, 3.63) is 288 Å². The Morgan fingerprint density at radius 2 is 0.636 bits per heavy atom. The minimum atomic E-state index is -0.419. The Kier molecular flexibility index (Phi) is 11.1. The van der Waals surface area contributed by atoms with Gasteiger partial charge in [-0.3, -0.25) is 0 Å². The van der Waals surface area contributed by atoms with Crippen LogP contribution in [0.5, 0.6) is 0 Å². The number of nitrogens with zero attached hydrogens (tertiary/aromatic N) is 2. The van der Waals surface area contributed by atoms with Gasteiger partial charge < -0.3 is 9.80 Å². The van der Waals surface area contributed by atoms with Crippen LogP contribution in [0.1, 0.15) is 22.3 Å². The summed E-state index contributed by atoms with van der Waals surface area (Å²) in [6, 6.07) is 93.8. The Hall–Kier alpha value is -7.91. The topological polar surface area (TPSA) is 6.48 Å². The fourth-order valence-electron chi connectivity index (χ4n) is 10.0. The monoisotopic (exact) mass is 866 g/mol. The molecule has 316 valence electrons. The average molecular weight is 868 g/mol. The van der Waals surface area contributed by atoms with E-state index in [9.17, 15) is 0 Å². The van der Waals surface area contributed by atoms with Crippen molar-refractivity contribution < 1.29 is 0 Å². The van der Waals surface area contributed by atoms with Gasteiger partial charge in [-0.05, 0) is 154 Å². The summed E-state index contributed by atoms with van der Waals surface area (Å²) < 4.78 is 0. The highest BCUT2D eigenvalue weighted by molar-refractivity contribution is 6.34. The van der Waals surface area contributed by atoms with E-state index in [2.05, 4.69) is 271 Å². The molecule has 10 aromatic rings. The summed E-state index contributed by atoms with van der Waals surface area (Å²) in [6.07, 6.45) is 1.63. The van der Waals surface area contributed by atoms with Crippen LogP contribution >= 0.6 is 11.6 Å². The number of rotatable bonds is 12. The number of benzene rings is 10. The molecular formula is C63H47ClN2. The van der Waals surface area contributed by atoms with E-state index >= 15 is 0 Å². The molecule has 0 aliphatic heterocycles. The maximum absolute atomic E-state index is 7.62. The molecule has 10 aromatic carbocycles. The Balaban J connectivity index is 1.03. The van der Waals surface area contributed by atoms with E-state index in [1.54, 1.807) is 0 Å². The Morgan fingerprint density at radius 3 is 1.05 bits per heavy atom. The lowest BCUT2D eigenvalue weighted by Gasteiger charge is -2.34. The number of hydrogen-bond donors (Lipinski definition) is 0. The fraction of sp³-hybridized carbons (Fsp3) is 0.0476. The van der Waals surface area contributed by atoms with E-state index in [4.69, 9.17) is 11.6 Å². The molecule has 2 nitrogen and oxygen atoms in total. The van der Waals surface area contributed by atoms with E-state index in [1.807, 2.05) is 0 Å². The van der Waals surface area contributed by atoms with Crippen molar-refractivity contribution in [1.29, 1.82) is 0 Å². The molecular weight excluding hydrogens is 820 g/mol. The van der Waals surface area contributed by atoms with Crippen LogP contribution < -0.4 is 9.80 Å². The highest BCUT2D eigenvalue weighted by Crippen LogP contribution is 2.56. The summed E-state index contributed by atoms with van der Waals surface area (Å²) >= 11 is 7.62. The molecule has 0 spiro atoms. The van der Waals surface area contributed by atoms with Crippen LogP contribution in [-0.4, -0.2) is 0 Å². The number of hydrogen-bond acceptors (Lipinski definition) is 2. The lowest BCUT2D eigenvalue weighted by atomic mass is 9.69. The predicted molar refractivity (Wildman–Crippen MR) is 278 cm³/mol. The quantitative estimate of drug-likeness (QED) is 0.121. The third-order valence-corrected chi connectivity index (χ3v) is 13.4. The van der Waals surface area contributed by atoms with Gasteiger partial charge in [0.25, 0.3) is 0 Å². The molecule has 0 bridgehead atoms. The van der Waals surface area contributed by atoms with Crippen LogP contribution in [-0.2, 0) is 18.3 Å². The molecule has 0 aromatic heterocycles. The minimum Gasteiger partial charge on any atom is -0.311 e. The number of halogens is 1. The summed E-state index contributed by atoms with van der Waals surface area (Å²) in [5, 5.41) is 0.769. The number of para-hydroxylation sites is 4. The molecule has 1 aliphatic carbocycles. The Morgan fingerprint density at radius 1 is 0.303 bits per heavy atom. The molecule has 0 unspecified atom stereocenters. The normalized spacial score (nSPS) is 12.3. The van der Waals surface area contributed by atoms with Crippen LogP contribution in [0.3, 0.4) is 0 Å². The van der Waals surface area contributed by atoms with E-state index < -0.39 is 5.41 Å². The van der Waals surface area contributed by atoms with Gasteiger partial charge in [-0.25, -0.2) is 0 Å². The van der Waals surface area contributed by atoms with Gasteiger partial charge in [-0.15, -0.1) is 0 Å². The van der Waals surface area contributed by atoms with Crippen LogP contribution in [0, 0.1) is 0 Å². The molecule has 0 atom stereocenters. The predicted octanol–water partition coefficient (Wildman–Crippen LogP) is 17.4. The van der Waals surface area contributed by atoms with Gasteiger partial charge in [0.05, 0.1) is 0 Å². The molecule has 0 saturated heterocycles. The van der Waals surface area contributed by atoms with Gasteiger partial charge in [-0.2, -0.15) is 0 Å². The van der Waals surface area contributed by atoms with Gasteiger partial charge in [0.2, 0.25) is 0 Å². The fourth-order valence-corrected chi connectivity index (χ4v) is 10.4. The second-order valence-corrected chi connectivity index (χ2v) is 17.6. The van der Waals surface area contributed by atoms with Gasteiger partial charge >= 0.3 is 0 Å². The molecule has 0 N–H and O–H groups in total. The molecule has 0 heterocycles. The highest BCUT2D eigenvalue weighted by Gasteiger charge is 2.45. The summed E-state index contributed by atoms with van der Waals surface area (Å²) in [5.41, 5.74) is 18.3. The first-order valence-electron chi connectivity index (χ1n) is 22.7. The van der Waals surface area contributed by atoms with E-state index in [1.165, 1.54) is 38.9 Å². The molecule has 11 rings (SSSR count). The number of fused-ring (bicyclic) bond motifs is 3. The van der Waals surface area contributed by atoms with E-state index in [-0.39, 0.29) is 0 Å². The lowest BCUT2D eigenvalue weighted by molar-refractivity contribution is 0.520. The van der Waals surface area contributed by atoms with E-state index in [0.29, 0.717) is 0 Å². The van der Waals surface area contributed by atoms with Crippen molar-refractivity contribution in [3.63, 3.8) is 0 Å². The summed E-state index contributed by atoms with van der Waals surface area (Å²) in [4.78, 5) is 4.61. The summed E-state index contributed by atoms with van der Waals surface area (Å²) in [5.74, 6) is 0. The van der Waals surface area contributed by atoms with Crippen LogP contribution in [0.4, 0.5) is 34.1 Å². The van der Waals surface area contributed by atoms with Crippen molar-refractivity contribution in [2.24, 2.45) is 0 Å². The van der Waals surface area contributed by atoms with Crippen LogP contribution in [0.2, 0.25) is 5.02 Å². The average Bonchev–Trinajstić information content (AvgIpc) is 3.64. The molecule has 0 saturated carbocycles. The minimum absolute atomic E-state index is 0.419. The van der Waals surface area contributed by atoms with Crippen LogP contribution in [0.15, 0.2) is 261 Å². The second kappa shape index (κ2) is 17.9. The Labute approximate surface area is 393 Å². The maximum Gasteiger partial charge on any atom is 0.0493 e. The van der Waals surface area contributed by atoms with Crippen molar-refractivity contribution in [3.8, 4) is 33.4 Å². The zero-order valence-electron chi connectivity index (χ0n) is 36.5. The molecule has 66 heavy (non-hydrogen) atoms. The van der Waals surface area contributed by atoms with Crippen molar-refractivity contribution in [2.45, 2.75) is 18.3 Å². The zero-order valence-corrected chi connectivity index (χ0v) is 37.3. The third kappa shape index (κ3) is 7.87. The lowest BCUT2D eigenvalue weighted by Crippen LogP contribution is -2.31. The Bertz CT molecular complexity index is 3090. The van der Waals surface area contributed by atoms with Crippen molar-refractivity contribution >= 4 is 45.7 Å². The first-order valence-corrected chi connectivity index (χ1v) is 23.1. The molecule has 1 aliphatic rings. The zero-order chi connectivity index (χ0) is 44.3. The summed E-state index contributed by atoms with van der Waals surface area (Å²) in [7, 11) is 0. The SMILES string of the molecule is Clc1cc(-c2ccc(N(c3ccccc3)c3ccccc3)cc2)cc2c1-c1ccc(-c3ccc(N(c4ccccc4)c4ccccc4)cc3)cc1C2(Cc1ccccc1)Cc1ccccc1. The first-order chi connectivity index (χ1) is 32.6. The molecule has 0 fully saturated rings. The highest BCUT2D eigenvalue weighted by atomic mass is 35.5. The van der Waals surface area contributed by atoms with Gasteiger partial charge in [0.1, 0.15) is 0 Å². The molecule has 3 heteroatoms. The van der Waals surface area contributed by atoms with Crippen LogP contribution in [0.25, 0.3) is 33.4 Å². The van der Waals surface area contributed by atoms with Gasteiger partial charge in [0, 0.05) is 50.1 Å². The van der Waals surface area contributed by atoms with E-state index in [0.717, 1.165) is 68.7 Å². The smallest absolute Gasteiger partial charge is 0.0493 e. The second-order valence-electron chi connectivity index (χ2n) is 17.2. The molecule has 0 radical (unpaired) electrons. The number of anilines is 6. The largest absolute Gasteiger partial charge is 0.311 e. The maximum atomic E-state index is 7.62.